The molecule has 0 aliphatic carbocycles. The number of nitrogens with zero attached hydrogens (tertiary/aromatic N) is 1. The Labute approximate surface area is 240 Å². The van der Waals surface area contributed by atoms with E-state index in [4.69, 9.17) is 16.3 Å². The molecule has 0 saturated heterocycles. The molecule has 1 unspecified atom stereocenters. The molecule has 2 aliphatic rings. The third kappa shape index (κ3) is 5.00. The van der Waals surface area contributed by atoms with E-state index in [0.29, 0.717) is 42.4 Å². The average Bonchev–Trinajstić information content (AvgIpc) is 3.29. The molecule has 0 bridgehead atoms. The summed E-state index contributed by atoms with van der Waals surface area (Å²) in [5, 5.41) is 5.45. The molecule has 4 aromatic carbocycles. The second-order valence-electron chi connectivity index (χ2n) is 9.68. The predicted octanol–water partition coefficient (Wildman–Crippen LogP) is 7.25. The van der Waals surface area contributed by atoms with Crippen molar-refractivity contribution >= 4 is 40.5 Å². The van der Waals surface area contributed by atoms with Crippen molar-refractivity contribution in [1.82, 2.24) is 5.32 Å². The van der Waals surface area contributed by atoms with Gasteiger partial charge in [-0.05, 0) is 60.7 Å². The third-order valence-electron chi connectivity index (χ3n) is 7.02. The lowest BCUT2D eigenvalue weighted by Crippen LogP contribution is -2.29. The first-order valence-electron chi connectivity index (χ1n) is 12.6. The highest BCUT2D eigenvalue weighted by molar-refractivity contribution is 6.31. The Balaban J connectivity index is 1.50. The van der Waals surface area contributed by atoms with Crippen LogP contribution in [-0.4, -0.2) is 25.0 Å². The summed E-state index contributed by atoms with van der Waals surface area (Å²) in [6, 6.07) is 14.4. The quantitative estimate of drug-likeness (QED) is 0.242. The maximum Gasteiger partial charge on any atom is 0.416 e. The maximum atomic E-state index is 14.2. The number of rotatable bonds is 4. The van der Waals surface area contributed by atoms with Crippen molar-refractivity contribution < 1.29 is 36.3 Å². The van der Waals surface area contributed by atoms with E-state index in [1.165, 1.54) is 6.07 Å². The number of amides is 2. The van der Waals surface area contributed by atoms with Crippen molar-refractivity contribution in [3.05, 3.63) is 117 Å². The zero-order valence-corrected chi connectivity index (χ0v) is 22.1. The fourth-order valence-electron chi connectivity index (χ4n) is 5.16. The standard InChI is InChI=1S/C30H19ClF5N3O3/c31-22-6-5-17(32)12-20(22)27-26-21(29(41)38-27)13-19(39-7-8-42-25-4-2-1-3-24(25)39)14-23(26)37-28(40)15-9-16(30(34,35)36)11-18(33)10-15/h1-6,9-14,27H,7-8H2,(H,37,40)(H,38,41). The molecule has 214 valence electrons. The van der Waals surface area contributed by atoms with Crippen LogP contribution in [0.15, 0.2) is 72.8 Å². The van der Waals surface area contributed by atoms with Gasteiger partial charge >= 0.3 is 6.18 Å². The Morgan fingerprint density at radius 2 is 1.79 bits per heavy atom. The van der Waals surface area contributed by atoms with Crippen LogP contribution in [-0.2, 0) is 6.18 Å². The Kier molecular flexibility index (Phi) is 6.77. The van der Waals surface area contributed by atoms with Gasteiger partial charge in [0, 0.05) is 38.7 Å². The second-order valence-corrected chi connectivity index (χ2v) is 10.1. The molecular weight excluding hydrogens is 581 g/mol. The number of fused-ring (bicyclic) bond motifs is 2. The van der Waals surface area contributed by atoms with E-state index < -0.39 is 46.8 Å². The van der Waals surface area contributed by atoms with Crippen LogP contribution in [0.2, 0.25) is 5.02 Å². The van der Waals surface area contributed by atoms with E-state index in [0.717, 1.165) is 12.1 Å². The molecule has 0 fully saturated rings. The van der Waals surface area contributed by atoms with Crippen LogP contribution in [0.5, 0.6) is 5.75 Å². The second kappa shape index (κ2) is 10.3. The summed E-state index contributed by atoms with van der Waals surface area (Å²) in [4.78, 5) is 28.4. The number of benzene rings is 4. The van der Waals surface area contributed by atoms with E-state index in [1.54, 1.807) is 36.4 Å². The summed E-state index contributed by atoms with van der Waals surface area (Å²) >= 11 is 6.36. The van der Waals surface area contributed by atoms with Crippen LogP contribution in [0.3, 0.4) is 0 Å². The molecule has 6 nitrogen and oxygen atoms in total. The number of hydrogen-bond acceptors (Lipinski definition) is 4. The zero-order chi connectivity index (χ0) is 29.8. The predicted molar refractivity (Wildman–Crippen MR) is 145 cm³/mol. The van der Waals surface area contributed by atoms with E-state index in [1.807, 2.05) is 4.90 Å². The van der Waals surface area contributed by atoms with E-state index in [-0.39, 0.29) is 33.5 Å². The van der Waals surface area contributed by atoms with Gasteiger partial charge in [0.1, 0.15) is 24.0 Å². The largest absolute Gasteiger partial charge is 0.490 e. The average molecular weight is 600 g/mol. The number of anilines is 3. The van der Waals surface area contributed by atoms with Gasteiger partial charge in [0.05, 0.1) is 23.8 Å². The third-order valence-corrected chi connectivity index (χ3v) is 7.36. The Morgan fingerprint density at radius 1 is 1.00 bits per heavy atom. The van der Waals surface area contributed by atoms with Crippen molar-refractivity contribution in [3.63, 3.8) is 0 Å². The molecule has 12 heteroatoms. The molecule has 42 heavy (non-hydrogen) atoms. The summed E-state index contributed by atoms with van der Waals surface area (Å²) in [6.45, 7) is 0.690. The molecular formula is C30H19ClF5N3O3. The van der Waals surface area contributed by atoms with Crippen molar-refractivity contribution in [1.29, 1.82) is 0 Å². The number of hydrogen-bond donors (Lipinski definition) is 2. The first-order chi connectivity index (χ1) is 20.0. The van der Waals surface area contributed by atoms with Crippen LogP contribution < -0.4 is 20.3 Å². The molecule has 0 spiro atoms. The minimum absolute atomic E-state index is 0.0398. The molecule has 2 N–H and O–H groups in total. The lowest BCUT2D eigenvalue weighted by atomic mass is 9.95. The van der Waals surface area contributed by atoms with Gasteiger partial charge in [0.15, 0.2) is 0 Å². The van der Waals surface area contributed by atoms with Crippen molar-refractivity contribution in [2.75, 3.05) is 23.4 Å². The van der Waals surface area contributed by atoms with Crippen molar-refractivity contribution in [2.24, 2.45) is 0 Å². The Bertz CT molecular complexity index is 1760. The summed E-state index contributed by atoms with van der Waals surface area (Å²) in [5.41, 5.74) is -0.174. The van der Waals surface area contributed by atoms with Crippen molar-refractivity contribution in [3.8, 4) is 5.75 Å². The molecule has 0 radical (unpaired) electrons. The maximum absolute atomic E-state index is 14.2. The molecule has 2 heterocycles. The number of alkyl halides is 3. The van der Waals surface area contributed by atoms with E-state index in [2.05, 4.69) is 10.6 Å². The highest BCUT2D eigenvalue weighted by atomic mass is 35.5. The van der Waals surface area contributed by atoms with Crippen LogP contribution in [0.1, 0.15) is 43.4 Å². The summed E-state index contributed by atoms with van der Waals surface area (Å²) in [7, 11) is 0. The minimum atomic E-state index is -4.89. The summed E-state index contributed by atoms with van der Waals surface area (Å²) < 4.78 is 74.1. The van der Waals surface area contributed by atoms with Gasteiger partial charge in [-0.3, -0.25) is 9.59 Å². The van der Waals surface area contributed by atoms with Crippen LogP contribution >= 0.6 is 11.6 Å². The van der Waals surface area contributed by atoms with Crippen LogP contribution in [0, 0.1) is 11.6 Å². The number of nitrogens with one attached hydrogen (secondary N) is 2. The highest BCUT2D eigenvalue weighted by Crippen LogP contribution is 2.44. The number of halogens is 6. The SMILES string of the molecule is O=C(Nc1cc(N2CCOc3ccccc32)cc2c1C(c1cc(F)ccc1Cl)NC2=O)c1cc(F)cc(C(F)(F)F)c1. The Hall–Kier alpha value is -4.64. The van der Waals surface area contributed by atoms with Gasteiger partial charge in [0.2, 0.25) is 0 Å². The summed E-state index contributed by atoms with van der Waals surface area (Å²) in [5.74, 6) is -2.88. The number of ether oxygens (including phenoxy) is 1. The number of carbonyl (C=O) groups is 2. The smallest absolute Gasteiger partial charge is 0.416 e. The topological polar surface area (TPSA) is 70.7 Å². The van der Waals surface area contributed by atoms with E-state index >= 15 is 0 Å². The molecule has 2 amide bonds. The van der Waals surface area contributed by atoms with Gasteiger partial charge in [-0.2, -0.15) is 13.2 Å². The first kappa shape index (κ1) is 27.5. The van der Waals surface area contributed by atoms with Crippen LogP contribution in [0.4, 0.5) is 39.0 Å². The lowest BCUT2D eigenvalue weighted by Gasteiger charge is -2.32. The molecule has 2 aliphatic heterocycles. The monoisotopic (exact) mass is 599 g/mol. The van der Waals surface area contributed by atoms with Gasteiger partial charge in [0.25, 0.3) is 11.8 Å². The van der Waals surface area contributed by atoms with E-state index in [9.17, 15) is 31.5 Å². The highest BCUT2D eigenvalue weighted by Gasteiger charge is 2.36. The fraction of sp³-hybridized carbons (Fsp3) is 0.133. The summed E-state index contributed by atoms with van der Waals surface area (Å²) in [6.07, 6.45) is -4.89. The number of para-hydroxylation sites is 2. The van der Waals surface area contributed by atoms with Gasteiger partial charge in [-0.1, -0.05) is 23.7 Å². The van der Waals surface area contributed by atoms with Gasteiger partial charge < -0.3 is 20.3 Å². The lowest BCUT2D eigenvalue weighted by molar-refractivity contribution is -0.137. The molecule has 1 atom stereocenters. The fourth-order valence-corrected chi connectivity index (χ4v) is 5.39. The first-order valence-corrected chi connectivity index (χ1v) is 13.0. The molecule has 0 aromatic heterocycles. The molecule has 0 saturated carbocycles. The normalized spacial score (nSPS) is 15.9. The minimum Gasteiger partial charge on any atom is -0.490 e. The van der Waals surface area contributed by atoms with Gasteiger partial charge in [-0.25, -0.2) is 8.78 Å². The molecule has 6 rings (SSSR count). The van der Waals surface area contributed by atoms with Gasteiger partial charge in [-0.15, -0.1) is 0 Å². The Morgan fingerprint density at radius 3 is 2.57 bits per heavy atom. The molecule has 4 aromatic rings. The van der Waals surface area contributed by atoms with Crippen LogP contribution in [0.25, 0.3) is 0 Å². The number of carbonyl (C=O) groups excluding carboxylic acids is 2. The van der Waals surface area contributed by atoms with Crippen molar-refractivity contribution in [2.45, 2.75) is 12.2 Å². The zero-order valence-electron chi connectivity index (χ0n) is 21.4.